The molecule has 38 heavy (non-hydrogen) atoms. The van der Waals surface area contributed by atoms with Crippen LogP contribution < -0.4 is 4.74 Å². The third-order valence-corrected chi connectivity index (χ3v) is 8.23. The number of benzene rings is 1. The lowest BCUT2D eigenvalue weighted by molar-refractivity contribution is -0.148. The summed E-state index contributed by atoms with van der Waals surface area (Å²) in [7, 11) is 0. The Morgan fingerprint density at radius 3 is 2.68 bits per heavy atom. The number of rotatable bonds is 6. The van der Waals surface area contributed by atoms with E-state index >= 15 is 0 Å². The fourth-order valence-electron chi connectivity index (χ4n) is 5.43. The Labute approximate surface area is 228 Å². The smallest absolute Gasteiger partial charge is 0.310 e. The van der Waals surface area contributed by atoms with Crippen LogP contribution in [-0.2, 0) is 10.4 Å². The van der Waals surface area contributed by atoms with Crippen LogP contribution in [0.5, 0.6) is 5.88 Å². The number of nitrogens with zero attached hydrogens (tertiary/aromatic N) is 2. The van der Waals surface area contributed by atoms with Crippen molar-refractivity contribution in [3.63, 3.8) is 0 Å². The first-order valence-electron chi connectivity index (χ1n) is 13.1. The Kier molecular flexibility index (Phi) is 7.32. The van der Waals surface area contributed by atoms with Crippen molar-refractivity contribution in [2.24, 2.45) is 11.3 Å². The number of likely N-dealkylation sites (tertiary alicyclic amines) is 1. The van der Waals surface area contributed by atoms with Gasteiger partial charge in [-0.15, -0.1) is 0 Å². The summed E-state index contributed by atoms with van der Waals surface area (Å²) < 4.78 is 6.22. The monoisotopic (exact) mass is 532 g/mol. The van der Waals surface area contributed by atoms with E-state index in [4.69, 9.17) is 16.3 Å². The number of allylic oxidation sites excluding steroid dienone is 6. The second-order valence-corrected chi connectivity index (χ2v) is 11.2. The summed E-state index contributed by atoms with van der Waals surface area (Å²) in [5.74, 6) is -0.0501. The number of fused-ring (bicyclic) bond motifs is 2. The van der Waals surface area contributed by atoms with Gasteiger partial charge in [-0.3, -0.25) is 4.79 Å². The van der Waals surface area contributed by atoms with E-state index in [1.807, 2.05) is 54.6 Å². The van der Waals surface area contributed by atoms with Gasteiger partial charge in [0.05, 0.1) is 11.0 Å². The van der Waals surface area contributed by atoms with Crippen LogP contribution >= 0.6 is 11.6 Å². The molecule has 0 spiro atoms. The van der Waals surface area contributed by atoms with Crippen molar-refractivity contribution in [2.75, 3.05) is 19.6 Å². The first kappa shape index (κ1) is 26.4. The normalized spacial score (nSPS) is 22.0. The van der Waals surface area contributed by atoms with Crippen LogP contribution in [0.25, 0.3) is 5.57 Å². The lowest BCUT2D eigenvalue weighted by Gasteiger charge is -2.38. The van der Waals surface area contributed by atoms with Gasteiger partial charge < -0.3 is 19.8 Å². The molecule has 2 aromatic rings. The molecule has 198 valence electrons. The molecule has 7 heteroatoms. The highest BCUT2D eigenvalue weighted by molar-refractivity contribution is 6.30. The van der Waals surface area contributed by atoms with Gasteiger partial charge in [0.2, 0.25) is 5.88 Å². The maximum Gasteiger partial charge on any atom is 0.310 e. The Bertz CT molecular complexity index is 1330. The molecule has 1 aromatic heterocycles. The number of halogens is 1. The van der Waals surface area contributed by atoms with Crippen molar-refractivity contribution in [3.8, 4) is 5.88 Å². The van der Waals surface area contributed by atoms with Crippen LogP contribution in [-0.4, -0.2) is 45.7 Å². The zero-order chi connectivity index (χ0) is 26.9. The highest BCUT2D eigenvalue weighted by Crippen LogP contribution is 2.44. The summed E-state index contributed by atoms with van der Waals surface area (Å²) in [5.41, 5.74) is 1.79. The van der Waals surface area contributed by atoms with E-state index in [0.29, 0.717) is 29.5 Å². The summed E-state index contributed by atoms with van der Waals surface area (Å²) in [6, 6.07) is 11.4. The average molecular weight is 533 g/mol. The Morgan fingerprint density at radius 1 is 1.24 bits per heavy atom. The highest BCUT2D eigenvalue weighted by atomic mass is 35.5. The van der Waals surface area contributed by atoms with Crippen molar-refractivity contribution in [1.29, 1.82) is 0 Å². The van der Waals surface area contributed by atoms with E-state index in [9.17, 15) is 15.0 Å². The van der Waals surface area contributed by atoms with E-state index in [0.717, 1.165) is 48.3 Å². The number of aliphatic carboxylic acids is 1. The molecule has 0 bridgehead atoms. The Morgan fingerprint density at radius 2 is 1.97 bits per heavy atom. The number of pyridine rings is 1. The Balaban J connectivity index is 1.34. The third-order valence-electron chi connectivity index (χ3n) is 7.97. The second-order valence-electron chi connectivity index (χ2n) is 10.8. The molecular weight excluding hydrogens is 500 g/mol. The fourth-order valence-corrected chi connectivity index (χ4v) is 5.56. The van der Waals surface area contributed by atoms with Crippen LogP contribution in [0, 0.1) is 11.3 Å². The molecule has 3 heterocycles. The topological polar surface area (TPSA) is 82.9 Å². The average Bonchev–Trinajstić information content (AvgIpc) is 3.06. The molecule has 0 amide bonds. The largest absolute Gasteiger partial charge is 0.481 e. The van der Waals surface area contributed by atoms with E-state index in [1.54, 1.807) is 20.0 Å². The number of carboxylic acid groups (broad SMARTS) is 1. The molecule has 0 saturated carbocycles. The van der Waals surface area contributed by atoms with E-state index in [1.165, 1.54) is 0 Å². The first-order chi connectivity index (χ1) is 18.2. The number of hydrogen-bond acceptors (Lipinski definition) is 5. The Hall–Kier alpha value is -3.19. The number of carboxylic acids is 1. The van der Waals surface area contributed by atoms with Gasteiger partial charge in [0, 0.05) is 47.9 Å². The molecular formula is C31H33ClN2O4. The number of aliphatic hydroxyl groups is 1. The third kappa shape index (κ3) is 5.21. The standard InChI is InChI=1S/C31H33ClN2O4/c1-30(2,29(35)36)26-8-3-9-27-25(26)20-21(24-7-4-16-33-28(24)38-27)6-5-17-34-18-14-31(37,15-19-34)22-10-12-23(32)13-11-22/h3-4,6-13,16,20,26,37H,5,14-15,17-19H2,1-2H3,(H,35,36). The zero-order valence-electron chi connectivity index (χ0n) is 21.7. The highest BCUT2D eigenvalue weighted by Gasteiger charge is 2.41. The van der Waals surface area contributed by atoms with E-state index in [-0.39, 0.29) is 5.92 Å². The minimum absolute atomic E-state index is 0.342. The first-order valence-corrected chi connectivity index (χ1v) is 13.4. The van der Waals surface area contributed by atoms with Crippen LogP contribution in [0.3, 0.4) is 0 Å². The molecule has 2 aliphatic heterocycles. The minimum Gasteiger partial charge on any atom is -0.481 e. The molecule has 1 unspecified atom stereocenters. The van der Waals surface area contributed by atoms with Gasteiger partial charge in [-0.1, -0.05) is 42.0 Å². The van der Waals surface area contributed by atoms with E-state index < -0.39 is 17.0 Å². The molecule has 1 aliphatic carbocycles. The van der Waals surface area contributed by atoms with Crippen molar-refractivity contribution in [3.05, 3.63) is 100 Å². The van der Waals surface area contributed by atoms with Gasteiger partial charge in [-0.25, -0.2) is 4.98 Å². The van der Waals surface area contributed by atoms with Gasteiger partial charge in [-0.2, -0.15) is 0 Å². The van der Waals surface area contributed by atoms with Crippen LogP contribution in [0.1, 0.15) is 44.2 Å². The van der Waals surface area contributed by atoms with E-state index in [2.05, 4.69) is 22.0 Å². The minimum atomic E-state index is -1.01. The number of hydrogen-bond donors (Lipinski definition) is 2. The number of ether oxygens (including phenoxy) is 1. The summed E-state index contributed by atoms with van der Waals surface area (Å²) >= 11 is 6.02. The number of piperidine rings is 1. The maximum atomic E-state index is 12.1. The van der Waals surface area contributed by atoms with Crippen molar-refractivity contribution in [2.45, 2.75) is 38.7 Å². The van der Waals surface area contributed by atoms with Crippen LogP contribution in [0.4, 0.5) is 0 Å². The molecule has 2 N–H and O–H groups in total. The number of carbonyl (C=O) groups is 1. The molecule has 6 nitrogen and oxygen atoms in total. The zero-order valence-corrected chi connectivity index (χ0v) is 22.5. The lowest BCUT2D eigenvalue weighted by atomic mass is 9.72. The SMILES string of the molecule is CC(C)(C(=O)O)C1C=CC=C2Oc3ncccc3C(=CCCN3CCC(O)(c4ccc(Cl)cc4)CC3)C=C21. The van der Waals surface area contributed by atoms with Gasteiger partial charge >= 0.3 is 5.97 Å². The lowest BCUT2D eigenvalue weighted by Crippen LogP contribution is -2.42. The van der Waals surface area contributed by atoms with Crippen molar-refractivity contribution in [1.82, 2.24) is 9.88 Å². The molecule has 1 saturated heterocycles. The second kappa shape index (κ2) is 10.5. The van der Waals surface area contributed by atoms with Gasteiger partial charge in [0.1, 0.15) is 5.76 Å². The molecule has 3 aliphatic rings. The fraction of sp³-hybridized carbons (Fsp3) is 0.355. The summed E-state index contributed by atoms with van der Waals surface area (Å²) in [4.78, 5) is 18.9. The molecule has 5 rings (SSSR count). The van der Waals surface area contributed by atoms with Crippen LogP contribution in [0.15, 0.2) is 84.3 Å². The summed E-state index contributed by atoms with van der Waals surface area (Å²) in [5, 5.41) is 21.8. The predicted octanol–water partition coefficient (Wildman–Crippen LogP) is 5.99. The summed E-state index contributed by atoms with van der Waals surface area (Å²) in [6.45, 7) is 5.95. The quantitative estimate of drug-likeness (QED) is 0.475. The van der Waals surface area contributed by atoms with Gasteiger partial charge in [0.15, 0.2) is 0 Å². The van der Waals surface area contributed by atoms with Crippen molar-refractivity contribution < 1.29 is 19.7 Å². The maximum absolute atomic E-state index is 12.1. The summed E-state index contributed by atoms with van der Waals surface area (Å²) in [6.07, 6.45) is 13.8. The molecule has 1 atom stereocenters. The van der Waals surface area contributed by atoms with Crippen LogP contribution in [0.2, 0.25) is 5.02 Å². The number of aromatic nitrogens is 1. The molecule has 1 fully saturated rings. The van der Waals surface area contributed by atoms with Gasteiger partial charge in [-0.05, 0) is 80.7 Å². The van der Waals surface area contributed by atoms with Gasteiger partial charge in [0.25, 0.3) is 0 Å². The predicted molar refractivity (Wildman–Crippen MR) is 149 cm³/mol. The molecule has 1 aromatic carbocycles. The van der Waals surface area contributed by atoms with Crippen molar-refractivity contribution >= 4 is 23.1 Å². The molecule has 0 radical (unpaired) electrons.